The molecule has 0 saturated heterocycles. The number of anilines is 1. The van der Waals surface area contributed by atoms with Gasteiger partial charge in [0.05, 0.1) is 7.11 Å². The molecule has 2 aromatic rings. The van der Waals surface area contributed by atoms with E-state index in [4.69, 9.17) is 4.74 Å². The van der Waals surface area contributed by atoms with E-state index in [0.29, 0.717) is 16.4 Å². The first-order chi connectivity index (χ1) is 8.22. The monoisotopic (exact) mass is 312 g/mol. The zero-order valence-corrected chi connectivity index (χ0v) is 11.3. The SMILES string of the molecule is COc1ncccc1NC(=O)c1sccc1Br. The highest BCUT2D eigenvalue weighted by Gasteiger charge is 2.13. The minimum atomic E-state index is -0.182. The molecule has 0 aliphatic carbocycles. The van der Waals surface area contributed by atoms with Crippen LogP contribution in [0.25, 0.3) is 0 Å². The largest absolute Gasteiger partial charge is 0.480 e. The predicted molar refractivity (Wildman–Crippen MR) is 70.8 cm³/mol. The van der Waals surface area contributed by atoms with E-state index in [9.17, 15) is 4.79 Å². The fourth-order valence-electron chi connectivity index (χ4n) is 1.28. The van der Waals surface area contributed by atoms with Gasteiger partial charge in [-0.05, 0) is 39.5 Å². The Kier molecular flexibility index (Phi) is 3.75. The standard InChI is InChI=1S/C11H9BrN2O2S/c1-16-11-8(3-2-5-13-11)14-10(15)9-7(12)4-6-17-9/h2-6H,1H3,(H,14,15). The van der Waals surface area contributed by atoms with Crippen molar-refractivity contribution in [2.45, 2.75) is 0 Å². The number of hydrogen-bond donors (Lipinski definition) is 1. The number of carbonyl (C=O) groups excluding carboxylic acids is 1. The number of ether oxygens (including phenoxy) is 1. The van der Waals surface area contributed by atoms with Crippen LogP contribution >= 0.6 is 27.3 Å². The third-order valence-corrected chi connectivity index (χ3v) is 3.87. The number of nitrogens with one attached hydrogen (secondary N) is 1. The molecule has 0 bridgehead atoms. The van der Waals surface area contributed by atoms with E-state index < -0.39 is 0 Å². The topological polar surface area (TPSA) is 51.2 Å². The van der Waals surface area contributed by atoms with Crippen molar-refractivity contribution in [2.75, 3.05) is 12.4 Å². The van der Waals surface area contributed by atoms with Crippen molar-refractivity contribution in [2.24, 2.45) is 0 Å². The molecule has 4 nitrogen and oxygen atoms in total. The second kappa shape index (κ2) is 5.29. The van der Waals surface area contributed by atoms with Crippen LogP contribution in [0.4, 0.5) is 5.69 Å². The first-order valence-electron chi connectivity index (χ1n) is 4.75. The number of aromatic nitrogens is 1. The van der Waals surface area contributed by atoms with E-state index >= 15 is 0 Å². The number of thiophene rings is 1. The minimum absolute atomic E-state index is 0.182. The van der Waals surface area contributed by atoms with Gasteiger partial charge in [-0.3, -0.25) is 4.79 Å². The van der Waals surface area contributed by atoms with Gasteiger partial charge in [0.2, 0.25) is 5.88 Å². The molecule has 0 fully saturated rings. The van der Waals surface area contributed by atoms with E-state index in [1.807, 2.05) is 11.4 Å². The maximum Gasteiger partial charge on any atom is 0.267 e. The Morgan fingerprint density at radius 2 is 2.35 bits per heavy atom. The number of rotatable bonds is 3. The van der Waals surface area contributed by atoms with Gasteiger partial charge < -0.3 is 10.1 Å². The maximum absolute atomic E-state index is 12.0. The summed E-state index contributed by atoms with van der Waals surface area (Å²) in [5.41, 5.74) is 0.556. The van der Waals surface area contributed by atoms with Crippen LogP contribution in [0.5, 0.6) is 5.88 Å². The molecule has 0 aromatic carbocycles. The molecule has 1 amide bonds. The summed E-state index contributed by atoms with van der Waals surface area (Å²) < 4.78 is 5.84. The molecule has 0 aliphatic rings. The van der Waals surface area contributed by atoms with Crippen LogP contribution in [-0.4, -0.2) is 18.0 Å². The van der Waals surface area contributed by atoms with Crippen LogP contribution in [0.3, 0.4) is 0 Å². The lowest BCUT2D eigenvalue weighted by Gasteiger charge is -2.07. The van der Waals surface area contributed by atoms with E-state index in [1.165, 1.54) is 18.4 Å². The summed E-state index contributed by atoms with van der Waals surface area (Å²) in [4.78, 5) is 16.6. The summed E-state index contributed by atoms with van der Waals surface area (Å²) >= 11 is 4.69. The molecule has 2 aromatic heterocycles. The van der Waals surface area contributed by atoms with Crippen LogP contribution in [0.2, 0.25) is 0 Å². The Balaban J connectivity index is 2.22. The minimum Gasteiger partial charge on any atom is -0.480 e. The number of halogens is 1. The van der Waals surface area contributed by atoms with E-state index in [2.05, 4.69) is 26.2 Å². The quantitative estimate of drug-likeness (QED) is 0.947. The summed E-state index contributed by atoms with van der Waals surface area (Å²) in [5, 5.41) is 4.61. The third-order valence-electron chi connectivity index (χ3n) is 2.04. The second-order valence-electron chi connectivity index (χ2n) is 3.11. The van der Waals surface area contributed by atoms with Gasteiger partial charge in [-0.15, -0.1) is 11.3 Å². The number of carbonyl (C=O) groups is 1. The summed E-state index contributed by atoms with van der Waals surface area (Å²) in [6, 6.07) is 5.31. The molecule has 0 spiro atoms. The van der Waals surface area contributed by atoms with Crippen LogP contribution < -0.4 is 10.1 Å². The summed E-state index contributed by atoms with van der Waals surface area (Å²) in [6.07, 6.45) is 1.61. The highest BCUT2D eigenvalue weighted by molar-refractivity contribution is 9.10. The Morgan fingerprint density at radius 3 is 3.00 bits per heavy atom. The van der Waals surface area contributed by atoms with Gasteiger partial charge in [0.15, 0.2) is 0 Å². The fraction of sp³-hybridized carbons (Fsp3) is 0.0909. The Morgan fingerprint density at radius 1 is 1.53 bits per heavy atom. The highest BCUT2D eigenvalue weighted by atomic mass is 79.9. The molecule has 0 atom stereocenters. The van der Waals surface area contributed by atoms with Crippen LogP contribution in [0.1, 0.15) is 9.67 Å². The summed E-state index contributed by atoms with van der Waals surface area (Å²) in [6.45, 7) is 0. The van der Waals surface area contributed by atoms with E-state index in [1.54, 1.807) is 18.3 Å². The summed E-state index contributed by atoms with van der Waals surface area (Å²) in [7, 11) is 1.51. The van der Waals surface area contributed by atoms with Gasteiger partial charge in [-0.1, -0.05) is 0 Å². The Labute approximate surface area is 111 Å². The van der Waals surface area contributed by atoms with E-state index in [0.717, 1.165) is 4.47 Å². The van der Waals surface area contributed by atoms with Crippen molar-refractivity contribution in [3.63, 3.8) is 0 Å². The van der Waals surface area contributed by atoms with Gasteiger partial charge in [-0.25, -0.2) is 4.98 Å². The first kappa shape index (κ1) is 12.1. The zero-order valence-electron chi connectivity index (χ0n) is 8.94. The molecule has 0 radical (unpaired) electrons. The molecular weight excluding hydrogens is 304 g/mol. The summed E-state index contributed by atoms with van der Waals surface area (Å²) in [5.74, 6) is 0.215. The molecule has 0 aliphatic heterocycles. The molecule has 0 unspecified atom stereocenters. The molecule has 0 saturated carbocycles. The number of pyridine rings is 1. The second-order valence-corrected chi connectivity index (χ2v) is 4.88. The maximum atomic E-state index is 12.0. The molecule has 6 heteroatoms. The lowest BCUT2D eigenvalue weighted by Crippen LogP contribution is -2.11. The number of hydrogen-bond acceptors (Lipinski definition) is 4. The van der Waals surface area contributed by atoms with Gasteiger partial charge in [0.1, 0.15) is 10.6 Å². The average Bonchev–Trinajstić information content (AvgIpc) is 2.76. The number of nitrogens with zero attached hydrogens (tertiary/aromatic N) is 1. The van der Waals surface area contributed by atoms with Crippen molar-refractivity contribution in [3.8, 4) is 5.88 Å². The van der Waals surface area contributed by atoms with Crippen molar-refractivity contribution in [3.05, 3.63) is 39.1 Å². The normalized spacial score (nSPS) is 10.0. The molecule has 1 N–H and O–H groups in total. The molecule has 88 valence electrons. The molecular formula is C11H9BrN2O2S. The zero-order chi connectivity index (χ0) is 12.3. The Bertz CT molecular complexity index is 542. The van der Waals surface area contributed by atoms with Crippen molar-refractivity contribution in [1.29, 1.82) is 0 Å². The predicted octanol–water partition coefficient (Wildman–Crippen LogP) is 3.17. The fourth-order valence-corrected chi connectivity index (χ4v) is 2.73. The van der Waals surface area contributed by atoms with Crippen LogP contribution in [-0.2, 0) is 0 Å². The lowest BCUT2D eigenvalue weighted by molar-refractivity contribution is 0.102. The van der Waals surface area contributed by atoms with Gasteiger partial charge in [0, 0.05) is 10.7 Å². The van der Waals surface area contributed by atoms with Gasteiger partial charge in [0.25, 0.3) is 5.91 Å². The number of amides is 1. The first-order valence-corrected chi connectivity index (χ1v) is 6.43. The molecule has 2 rings (SSSR count). The molecule has 17 heavy (non-hydrogen) atoms. The number of methoxy groups -OCH3 is 1. The van der Waals surface area contributed by atoms with Crippen molar-refractivity contribution < 1.29 is 9.53 Å². The molecule has 2 heterocycles. The van der Waals surface area contributed by atoms with Crippen molar-refractivity contribution >= 4 is 38.9 Å². The average molecular weight is 313 g/mol. The van der Waals surface area contributed by atoms with Crippen LogP contribution in [0, 0.1) is 0 Å². The Hall–Kier alpha value is -1.40. The van der Waals surface area contributed by atoms with Gasteiger partial charge in [-0.2, -0.15) is 0 Å². The van der Waals surface area contributed by atoms with Crippen LogP contribution in [0.15, 0.2) is 34.2 Å². The van der Waals surface area contributed by atoms with Gasteiger partial charge >= 0.3 is 0 Å². The highest BCUT2D eigenvalue weighted by Crippen LogP contribution is 2.26. The third kappa shape index (κ3) is 2.65. The lowest BCUT2D eigenvalue weighted by atomic mass is 10.3. The van der Waals surface area contributed by atoms with Crippen molar-refractivity contribution in [1.82, 2.24) is 4.98 Å². The van der Waals surface area contributed by atoms with E-state index in [-0.39, 0.29) is 5.91 Å². The smallest absolute Gasteiger partial charge is 0.267 e.